The average molecular weight is 288 g/mol. The van der Waals surface area contributed by atoms with Gasteiger partial charge in [0.15, 0.2) is 11.6 Å². The molecule has 2 aromatic carbocycles. The minimum absolute atomic E-state index is 0.0449. The van der Waals surface area contributed by atoms with E-state index in [1.807, 2.05) is 6.92 Å². The number of hydrogen-bond acceptors (Lipinski definition) is 3. The molecule has 0 aliphatic carbocycles. The van der Waals surface area contributed by atoms with E-state index < -0.39 is 11.6 Å². The molecule has 0 bridgehead atoms. The van der Waals surface area contributed by atoms with Crippen LogP contribution in [0.5, 0.6) is 11.5 Å². The lowest BCUT2D eigenvalue weighted by Crippen LogP contribution is -2.13. The predicted molar refractivity (Wildman–Crippen MR) is 75.1 cm³/mol. The zero-order chi connectivity index (χ0) is 15.4. The third kappa shape index (κ3) is 3.18. The molecular weight excluding hydrogens is 274 g/mol. The van der Waals surface area contributed by atoms with Crippen LogP contribution in [0.4, 0.5) is 8.78 Å². The van der Waals surface area contributed by atoms with E-state index in [4.69, 9.17) is 10.00 Å². The Balaban J connectivity index is 2.40. The van der Waals surface area contributed by atoms with Crippen LogP contribution < -0.4 is 10.1 Å². The van der Waals surface area contributed by atoms with Crippen LogP contribution in [0.1, 0.15) is 24.1 Å². The molecule has 0 saturated heterocycles. The van der Waals surface area contributed by atoms with Crippen LogP contribution in [0.3, 0.4) is 0 Å². The first-order valence-electron chi connectivity index (χ1n) is 6.40. The molecule has 0 amide bonds. The largest absolute Gasteiger partial charge is 0.454 e. The van der Waals surface area contributed by atoms with Crippen molar-refractivity contribution in [1.82, 2.24) is 5.32 Å². The van der Waals surface area contributed by atoms with Gasteiger partial charge < -0.3 is 10.1 Å². The highest BCUT2D eigenvalue weighted by Crippen LogP contribution is 2.32. The molecule has 1 unspecified atom stereocenters. The fourth-order valence-corrected chi connectivity index (χ4v) is 1.90. The summed E-state index contributed by atoms with van der Waals surface area (Å²) in [5.41, 5.74) is 0.543. The number of ether oxygens (including phenoxy) is 1. The Labute approximate surface area is 121 Å². The highest BCUT2D eigenvalue weighted by atomic mass is 19.1. The van der Waals surface area contributed by atoms with Crippen molar-refractivity contribution in [2.45, 2.75) is 13.0 Å². The Morgan fingerprint density at radius 1 is 1.19 bits per heavy atom. The van der Waals surface area contributed by atoms with E-state index in [1.165, 1.54) is 18.2 Å². The average Bonchev–Trinajstić information content (AvgIpc) is 2.48. The third-order valence-corrected chi connectivity index (χ3v) is 3.18. The molecular formula is C16H14F2N2O. The summed E-state index contributed by atoms with van der Waals surface area (Å²) in [5, 5.41) is 11.7. The maximum absolute atomic E-state index is 14.0. The summed E-state index contributed by atoms with van der Waals surface area (Å²) in [4.78, 5) is 0. The fraction of sp³-hybridized carbons (Fsp3) is 0.188. The summed E-state index contributed by atoms with van der Waals surface area (Å²) >= 11 is 0. The molecule has 0 aliphatic heterocycles. The van der Waals surface area contributed by atoms with Gasteiger partial charge in [-0.1, -0.05) is 12.1 Å². The van der Waals surface area contributed by atoms with Crippen molar-refractivity contribution in [3.63, 3.8) is 0 Å². The lowest BCUT2D eigenvalue weighted by Gasteiger charge is -2.17. The number of nitrogens with one attached hydrogen (secondary N) is 1. The first-order valence-corrected chi connectivity index (χ1v) is 6.40. The summed E-state index contributed by atoms with van der Waals surface area (Å²) < 4.78 is 33.0. The number of nitriles is 1. The van der Waals surface area contributed by atoms with Gasteiger partial charge in [-0.05, 0) is 32.2 Å². The van der Waals surface area contributed by atoms with Crippen LogP contribution in [0, 0.1) is 23.0 Å². The minimum Gasteiger partial charge on any atom is -0.454 e. The molecule has 0 aliphatic rings. The molecule has 1 atom stereocenters. The molecule has 0 fully saturated rings. The van der Waals surface area contributed by atoms with Gasteiger partial charge in [-0.2, -0.15) is 5.26 Å². The zero-order valence-corrected chi connectivity index (χ0v) is 11.7. The van der Waals surface area contributed by atoms with E-state index in [1.54, 1.807) is 25.2 Å². The molecule has 21 heavy (non-hydrogen) atoms. The van der Waals surface area contributed by atoms with Gasteiger partial charge in [-0.15, -0.1) is 0 Å². The molecule has 0 heterocycles. The van der Waals surface area contributed by atoms with Crippen LogP contribution in [0.15, 0.2) is 36.4 Å². The Morgan fingerprint density at radius 2 is 1.95 bits per heavy atom. The van der Waals surface area contributed by atoms with Crippen LogP contribution in [-0.2, 0) is 0 Å². The van der Waals surface area contributed by atoms with E-state index in [2.05, 4.69) is 5.32 Å². The quantitative estimate of drug-likeness (QED) is 0.927. The van der Waals surface area contributed by atoms with E-state index in [-0.39, 0.29) is 23.1 Å². The Hall–Kier alpha value is -2.45. The second kappa shape index (κ2) is 6.33. The monoisotopic (exact) mass is 288 g/mol. The van der Waals surface area contributed by atoms with Gasteiger partial charge in [0.2, 0.25) is 0 Å². The number of para-hydroxylation sites is 1. The smallest absolute Gasteiger partial charge is 0.167 e. The van der Waals surface area contributed by atoms with Gasteiger partial charge in [0.1, 0.15) is 17.6 Å². The SMILES string of the molecule is CNC(C)c1cccc(F)c1Oc1ccc(C#N)c(F)c1. The van der Waals surface area contributed by atoms with Gasteiger partial charge >= 0.3 is 0 Å². The van der Waals surface area contributed by atoms with Crippen LogP contribution in [0.25, 0.3) is 0 Å². The maximum Gasteiger partial charge on any atom is 0.167 e. The van der Waals surface area contributed by atoms with Crippen molar-refractivity contribution >= 4 is 0 Å². The van der Waals surface area contributed by atoms with Crippen molar-refractivity contribution in [3.8, 4) is 17.6 Å². The summed E-state index contributed by atoms with van der Waals surface area (Å²) in [7, 11) is 1.75. The number of hydrogen-bond donors (Lipinski definition) is 1. The van der Waals surface area contributed by atoms with Gasteiger partial charge in [-0.3, -0.25) is 0 Å². The van der Waals surface area contributed by atoms with Crippen LogP contribution >= 0.6 is 0 Å². The van der Waals surface area contributed by atoms with Gasteiger partial charge in [-0.25, -0.2) is 8.78 Å². The summed E-state index contributed by atoms with van der Waals surface area (Å²) in [6.07, 6.45) is 0. The minimum atomic E-state index is -0.699. The number of nitrogens with zero attached hydrogens (tertiary/aromatic N) is 1. The maximum atomic E-state index is 14.0. The van der Waals surface area contributed by atoms with Crippen molar-refractivity contribution in [2.24, 2.45) is 0 Å². The zero-order valence-electron chi connectivity index (χ0n) is 11.7. The Morgan fingerprint density at radius 3 is 2.57 bits per heavy atom. The number of rotatable bonds is 4. The van der Waals surface area contributed by atoms with E-state index in [0.29, 0.717) is 5.56 Å². The lowest BCUT2D eigenvalue weighted by molar-refractivity contribution is 0.425. The third-order valence-electron chi connectivity index (χ3n) is 3.18. The van der Waals surface area contributed by atoms with Crippen LogP contribution in [-0.4, -0.2) is 7.05 Å². The number of benzene rings is 2. The summed E-state index contributed by atoms with van der Waals surface area (Å²) in [5.74, 6) is -1.04. The standard InChI is InChI=1S/C16H14F2N2O/c1-10(20-2)13-4-3-5-14(17)16(13)21-12-7-6-11(9-19)15(18)8-12/h3-8,10,20H,1-2H3. The van der Waals surface area contributed by atoms with Gasteiger partial charge in [0.05, 0.1) is 5.56 Å². The molecule has 0 spiro atoms. The molecule has 2 rings (SSSR count). The number of halogens is 2. The fourth-order valence-electron chi connectivity index (χ4n) is 1.90. The summed E-state index contributed by atoms with van der Waals surface area (Å²) in [6, 6.07) is 10.00. The second-order valence-corrected chi connectivity index (χ2v) is 4.52. The van der Waals surface area contributed by atoms with Gasteiger partial charge in [0, 0.05) is 17.7 Å². The van der Waals surface area contributed by atoms with Crippen molar-refractivity contribution < 1.29 is 13.5 Å². The Bertz CT molecular complexity index is 695. The van der Waals surface area contributed by atoms with Crippen molar-refractivity contribution in [3.05, 3.63) is 59.2 Å². The summed E-state index contributed by atoms with van der Waals surface area (Å²) in [6.45, 7) is 1.86. The molecule has 108 valence electrons. The topological polar surface area (TPSA) is 45.0 Å². The second-order valence-electron chi connectivity index (χ2n) is 4.52. The predicted octanol–water partition coefficient (Wildman–Crippen LogP) is 3.91. The molecule has 0 aromatic heterocycles. The first kappa shape index (κ1) is 14.9. The Kier molecular flexibility index (Phi) is 4.51. The van der Waals surface area contributed by atoms with Crippen LogP contribution in [0.2, 0.25) is 0 Å². The first-order chi connectivity index (χ1) is 10.1. The van der Waals surface area contributed by atoms with Gasteiger partial charge in [0.25, 0.3) is 0 Å². The highest BCUT2D eigenvalue weighted by Gasteiger charge is 2.16. The van der Waals surface area contributed by atoms with E-state index >= 15 is 0 Å². The molecule has 1 N–H and O–H groups in total. The molecule has 5 heteroatoms. The van der Waals surface area contributed by atoms with Crippen molar-refractivity contribution in [2.75, 3.05) is 7.05 Å². The van der Waals surface area contributed by atoms with E-state index in [0.717, 1.165) is 6.07 Å². The normalized spacial score (nSPS) is 11.8. The lowest BCUT2D eigenvalue weighted by atomic mass is 10.1. The highest BCUT2D eigenvalue weighted by molar-refractivity contribution is 5.43. The molecule has 3 nitrogen and oxygen atoms in total. The molecule has 0 radical (unpaired) electrons. The molecule has 0 saturated carbocycles. The van der Waals surface area contributed by atoms with Crippen molar-refractivity contribution in [1.29, 1.82) is 5.26 Å². The van der Waals surface area contributed by atoms with E-state index in [9.17, 15) is 8.78 Å². The molecule has 2 aromatic rings.